The number of carbonyl (C=O) groups is 2. The molecular weight excluding hydrogens is 402 g/mol. The third-order valence-corrected chi connectivity index (χ3v) is 5.87. The normalized spacial score (nSPS) is 14.6. The van der Waals surface area contributed by atoms with Crippen LogP contribution in [0.3, 0.4) is 0 Å². The summed E-state index contributed by atoms with van der Waals surface area (Å²) in [5, 5.41) is 9.35. The number of benzene rings is 1. The van der Waals surface area contributed by atoms with Crippen molar-refractivity contribution in [3.8, 4) is 10.6 Å². The molecule has 1 aliphatic heterocycles. The topological polar surface area (TPSA) is 91.6 Å². The Labute approximate surface area is 178 Å². The molecule has 2 aromatic heterocycles. The number of nitrogens with zero attached hydrogens (tertiary/aromatic N) is 4. The van der Waals surface area contributed by atoms with E-state index in [4.69, 9.17) is 4.52 Å². The quantitative estimate of drug-likeness (QED) is 0.652. The smallest absolute Gasteiger partial charge is 0.276 e. The minimum atomic E-state index is -0.163. The fourth-order valence-electron chi connectivity index (χ4n) is 3.31. The molecule has 1 fully saturated rings. The second kappa shape index (κ2) is 9.19. The largest absolute Gasteiger partial charge is 0.361 e. The van der Waals surface area contributed by atoms with Gasteiger partial charge < -0.3 is 14.7 Å². The molecule has 0 spiro atoms. The summed E-state index contributed by atoms with van der Waals surface area (Å²) in [7, 11) is 0. The molecule has 0 aliphatic carbocycles. The van der Waals surface area contributed by atoms with Gasteiger partial charge in [-0.3, -0.25) is 14.5 Å². The number of aryl methyl sites for hydroxylation is 1. The molecule has 8 nitrogen and oxygen atoms in total. The summed E-state index contributed by atoms with van der Waals surface area (Å²) in [6.45, 7) is 5.81. The van der Waals surface area contributed by atoms with Gasteiger partial charge in [0.25, 0.3) is 11.8 Å². The van der Waals surface area contributed by atoms with Gasteiger partial charge in [0, 0.05) is 56.3 Å². The number of nitrogens with one attached hydrogen (secondary N) is 1. The number of rotatable bonds is 6. The van der Waals surface area contributed by atoms with Crippen molar-refractivity contribution in [2.45, 2.75) is 6.92 Å². The monoisotopic (exact) mass is 425 g/mol. The number of hydrogen-bond donors (Lipinski definition) is 1. The third kappa shape index (κ3) is 4.74. The van der Waals surface area contributed by atoms with E-state index in [2.05, 4.69) is 20.4 Å². The summed E-state index contributed by atoms with van der Waals surface area (Å²) in [6.07, 6.45) is 0. The van der Waals surface area contributed by atoms with E-state index in [1.807, 2.05) is 30.3 Å². The van der Waals surface area contributed by atoms with E-state index in [-0.39, 0.29) is 11.8 Å². The highest BCUT2D eigenvalue weighted by molar-refractivity contribution is 7.13. The summed E-state index contributed by atoms with van der Waals surface area (Å²) in [5.41, 5.74) is 1.80. The molecule has 1 aliphatic rings. The van der Waals surface area contributed by atoms with Crippen LogP contribution in [0, 0.1) is 6.92 Å². The van der Waals surface area contributed by atoms with Crippen molar-refractivity contribution in [1.82, 2.24) is 25.3 Å². The summed E-state index contributed by atoms with van der Waals surface area (Å²) < 4.78 is 4.98. The molecular formula is C21H23N5O3S. The van der Waals surface area contributed by atoms with Gasteiger partial charge in [-0.25, -0.2) is 4.98 Å². The van der Waals surface area contributed by atoms with Crippen molar-refractivity contribution in [2.24, 2.45) is 0 Å². The molecule has 0 bridgehead atoms. The molecule has 1 saturated heterocycles. The molecule has 0 atom stereocenters. The van der Waals surface area contributed by atoms with Gasteiger partial charge in [-0.1, -0.05) is 35.5 Å². The predicted molar refractivity (Wildman–Crippen MR) is 113 cm³/mol. The fourth-order valence-corrected chi connectivity index (χ4v) is 4.12. The van der Waals surface area contributed by atoms with Gasteiger partial charge in [0.1, 0.15) is 16.5 Å². The molecule has 3 aromatic rings. The van der Waals surface area contributed by atoms with Crippen LogP contribution < -0.4 is 5.32 Å². The number of aromatic nitrogens is 2. The first-order valence-corrected chi connectivity index (χ1v) is 10.7. The standard InChI is InChI=1S/C21H23N5O3S/c1-15-13-17(24-29-15)21(28)26-11-9-25(10-12-26)8-7-22-19(27)18-14-30-20(23-18)16-5-3-2-4-6-16/h2-6,13-14H,7-12H2,1H3,(H,22,27). The lowest BCUT2D eigenvalue weighted by molar-refractivity contribution is 0.0628. The Balaban J connectivity index is 1.20. The van der Waals surface area contributed by atoms with Crippen LogP contribution in [0.5, 0.6) is 0 Å². The summed E-state index contributed by atoms with van der Waals surface area (Å²) in [4.78, 5) is 33.2. The Morgan fingerprint density at radius 1 is 1.13 bits per heavy atom. The second-order valence-electron chi connectivity index (χ2n) is 7.12. The molecule has 0 unspecified atom stereocenters. The number of amides is 2. The first-order valence-electron chi connectivity index (χ1n) is 9.84. The van der Waals surface area contributed by atoms with Crippen LogP contribution in [0.2, 0.25) is 0 Å². The van der Waals surface area contributed by atoms with Gasteiger partial charge in [0.15, 0.2) is 5.69 Å². The maximum absolute atomic E-state index is 12.4. The Morgan fingerprint density at radius 3 is 2.60 bits per heavy atom. The maximum Gasteiger partial charge on any atom is 0.276 e. The number of piperazine rings is 1. The molecule has 0 saturated carbocycles. The van der Waals surface area contributed by atoms with E-state index in [1.165, 1.54) is 11.3 Å². The summed E-state index contributed by atoms with van der Waals surface area (Å²) in [6, 6.07) is 11.5. The lowest BCUT2D eigenvalue weighted by atomic mass is 10.2. The minimum Gasteiger partial charge on any atom is -0.361 e. The molecule has 0 radical (unpaired) electrons. The van der Waals surface area contributed by atoms with Crippen LogP contribution in [-0.4, -0.2) is 71.0 Å². The maximum atomic E-state index is 12.4. The van der Waals surface area contributed by atoms with Gasteiger partial charge >= 0.3 is 0 Å². The Bertz CT molecular complexity index is 1010. The van der Waals surface area contributed by atoms with Gasteiger partial charge in [-0.05, 0) is 6.92 Å². The van der Waals surface area contributed by atoms with Crippen molar-refractivity contribution in [1.29, 1.82) is 0 Å². The zero-order chi connectivity index (χ0) is 20.9. The van der Waals surface area contributed by atoms with Crippen LogP contribution in [0.1, 0.15) is 26.7 Å². The molecule has 4 rings (SSSR count). The number of hydrogen-bond acceptors (Lipinski definition) is 7. The summed E-state index contributed by atoms with van der Waals surface area (Å²) >= 11 is 1.46. The van der Waals surface area contributed by atoms with E-state index in [9.17, 15) is 9.59 Å². The van der Waals surface area contributed by atoms with Crippen molar-refractivity contribution < 1.29 is 14.1 Å². The number of thiazole rings is 1. The lowest BCUT2D eigenvalue weighted by Crippen LogP contribution is -2.50. The lowest BCUT2D eigenvalue weighted by Gasteiger charge is -2.34. The van der Waals surface area contributed by atoms with E-state index in [0.717, 1.165) is 30.2 Å². The van der Waals surface area contributed by atoms with Crippen LogP contribution in [-0.2, 0) is 0 Å². The van der Waals surface area contributed by atoms with Gasteiger partial charge in [-0.15, -0.1) is 11.3 Å². The van der Waals surface area contributed by atoms with Crippen LogP contribution in [0.25, 0.3) is 10.6 Å². The molecule has 1 N–H and O–H groups in total. The Morgan fingerprint density at radius 2 is 1.90 bits per heavy atom. The van der Waals surface area contributed by atoms with E-state index in [1.54, 1.807) is 23.3 Å². The number of carbonyl (C=O) groups excluding carboxylic acids is 2. The van der Waals surface area contributed by atoms with Crippen molar-refractivity contribution >= 4 is 23.2 Å². The van der Waals surface area contributed by atoms with Crippen molar-refractivity contribution in [3.05, 3.63) is 58.9 Å². The zero-order valence-corrected chi connectivity index (χ0v) is 17.5. The van der Waals surface area contributed by atoms with Crippen molar-refractivity contribution in [3.63, 3.8) is 0 Å². The highest BCUT2D eigenvalue weighted by atomic mass is 32.1. The van der Waals surface area contributed by atoms with Gasteiger partial charge in [0.05, 0.1) is 0 Å². The highest BCUT2D eigenvalue weighted by Gasteiger charge is 2.24. The average Bonchev–Trinajstić information content (AvgIpc) is 3.44. The summed E-state index contributed by atoms with van der Waals surface area (Å²) in [5.74, 6) is 0.366. The zero-order valence-electron chi connectivity index (χ0n) is 16.7. The highest BCUT2D eigenvalue weighted by Crippen LogP contribution is 2.23. The van der Waals surface area contributed by atoms with Crippen LogP contribution in [0.15, 0.2) is 46.3 Å². The van der Waals surface area contributed by atoms with Gasteiger partial charge in [0.2, 0.25) is 0 Å². The first kappa shape index (κ1) is 20.2. The predicted octanol–water partition coefficient (Wildman–Crippen LogP) is 2.29. The SMILES string of the molecule is Cc1cc(C(=O)N2CCN(CCNC(=O)c3csc(-c4ccccc4)n3)CC2)no1. The second-order valence-corrected chi connectivity index (χ2v) is 7.97. The fraction of sp³-hybridized carbons (Fsp3) is 0.333. The third-order valence-electron chi connectivity index (χ3n) is 4.98. The van der Waals surface area contributed by atoms with E-state index < -0.39 is 0 Å². The first-order chi connectivity index (χ1) is 14.6. The average molecular weight is 426 g/mol. The molecule has 30 heavy (non-hydrogen) atoms. The van der Waals surface area contributed by atoms with Crippen molar-refractivity contribution in [2.75, 3.05) is 39.3 Å². The van der Waals surface area contributed by atoms with E-state index >= 15 is 0 Å². The van der Waals surface area contributed by atoms with Crippen LogP contribution in [0.4, 0.5) is 0 Å². The molecule has 156 valence electrons. The van der Waals surface area contributed by atoms with Gasteiger partial charge in [-0.2, -0.15) is 0 Å². The van der Waals surface area contributed by atoms with Crippen LogP contribution >= 0.6 is 11.3 Å². The molecule has 2 amide bonds. The Hall–Kier alpha value is -3.04. The van der Waals surface area contributed by atoms with E-state index in [0.29, 0.717) is 36.8 Å². The molecule has 9 heteroatoms. The minimum absolute atomic E-state index is 0.0995. The molecule has 3 heterocycles. The molecule has 1 aromatic carbocycles. The Kier molecular flexibility index (Phi) is 6.20.